The smallest absolute Gasteiger partial charge is 0.255 e. The second-order valence-electron chi connectivity index (χ2n) is 4.73. The Hall–Kier alpha value is -2.34. The Morgan fingerprint density at radius 1 is 1.20 bits per heavy atom. The van der Waals surface area contributed by atoms with Crippen LogP contribution in [0.5, 0.6) is 5.75 Å². The van der Waals surface area contributed by atoms with Gasteiger partial charge in [0, 0.05) is 18.5 Å². The number of H-pyrrole nitrogens is 1. The molecule has 1 aromatic heterocycles. The molecule has 1 aliphatic rings. The van der Waals surface area contributed by atoms with Crippen LogP contribution >= 0.6 is 0 Å². The van der Waals surface area contributed by atoms with E-state index in [1.54, 1.807) is 24.3 Å². The molecule has 0 saturated carbocycles. The molecule has 3 rings (SSSR count). The average molecular weight is 272 g/mol. The minimum absolute atomic E-state index is 0.114. The zero-order valence-electron chi connectivity index (χ0n) is 10.9. The number of fused-ring (bicyclic) bond motifs is 1. The summed E-state index contributed by atoms with van der Waals surface area (Å²) in [6.07, 6.45) is 1.42. The Bertz CT molecular complexity index is 681. The maximum atomic E-state index is 12.1. The fraction of sp³-hybridized carbons (Fsp3) is 0.286. The monoisotopic (exact) mass is 272 g/mol. The van der Waals surface area contributed by atoms with Crippen LogP contribution in [0.3, 0.4) is 0 Å². The highest BCUT2D eigenvalue weighted by atomic mass is 16.3. The number of phenolic OH excluding ortho intramolecular Hbond substituents is 1. The van der Waals surface area contributed by atoms with Crippen LogP contribution in [0.2, 0.25) is 0 Å². The molecule has 0 radical (unpaired) electrons. The predicted octanol–water partition coefficient (Wildman–Crippen LogP) is 0.907. The zero-order chi connectivity index (χ0) is 13.9. The standard InChI is InChI=1S/C14H16N4O2/c19-12-4-2-1-3-11(12)17-14-16-10-6-8-15-7-5-9(10)13(20)18-14/h1-4,15,19H,5-8H2,(H2,16,17,18,20). The Labute approximate surface area is 115 Å². The fourth-order valence-electron chi connectivity index (χ4n) is 2.32. The van der Waals surface area contributed by atoms with Crippen molar-refractivity contribution in [2.45, 2.75) is 12.8 Å². The molecule has 0 fully saturated rings. The summed E-state index contributed by atoms with van der Waals surface area (Å²) in [7, 11) is 0. The largest absolute Gasteiger partial charge is 0.506 e. The molecule has 2 heterocycles. The third-order valence-electron chi connectivity index (χ3n) is 3.35. The molecule has 0 aliphatic carbocycles. The van der Waals surface area contributed by atoms with Crippen LogP contribution in [0, 0.1) is 0 Å². The lowest BCUT2D eigenvalue weighted by Crippen LogP contribution is -2.20. The van der Waals surface area contributed by atoms with Gasteiger partial charge in [-0.25, -0.2) is 4.98 Å². The molecule has 0 amide bonds. The molecule has 0 unspecified atom stereocenters. The lowest BCUT2D eigenvalue weighted by Gasteiger charge is -2.10. The third kappa shape index (κ3) is 2.50. The van der Waals surface area contributed by atoms with Crippen molar-refractivity contribution in [3.8, 4) is 5.75 Å². The van der Waals surface area contributed by atoms with E-state index in [0.29, 0.717) is 18.1 Å². The molecular weight excluding hydrogens is 256 g/mol. The minimum atomic E-state index is -0.114. The predicted molar refractivity (Wildman–Crippen MR) is 76.5 cm³/mol. The topological polar surface area (TPSA) is 90.0 Å². The maximum Gasteiger partial charge on any atom is 0.255 e. The molecule has 0 atom stereocenters. The average Bonchev–Trinajstić information content (AvgIpc) is 2.67. The van der Waals surface area contributed by atoms with Gasteiger partial charge in [-0.15, -0.1) is 0 Å². The molecule has 0 spiro atoms. The SMILES string of the molecule is O=c1[nH]c(Nc2ccccc2O)nc2c1CCNCC2. The summed E-state index contributed by atoms with van der Waals surface area (Å²) in [4.78, 5) is 19.3. The highest BCUT2D eigenvalue weighted by Gasteiger charge is 2.14. The van der Waals surface area contributed by atoms with Crippen molar-refractivity contribution in [3.05, 3.63) is 45.9 Å². The number of hydrogen-bond donors (Lipinski definition) is 4. The normalized spacial score (nSPS) is 14.4. The Morgan fingerprint density at radius 2 is 2.00 bits per heavy atom. The third-order valence-corrected chi connectivity index (χ3v) is 3.35. The zero-order valence-corrected chi connectivity index (χ0v) is 10.9. The number of rotatable bonds is 2. The van der Waals surface area contributed by atoms with Crippen LogP contribution in [-0.4, -0.2) is 28.2 Å². The van der Waals surface area contributed by atoms with E-state index in [2.05, 4.69) is 20.6 Å². The maximum absolute atomic E-state index is 12.1. The van der Waals surface area contributed by atoms with Crippen molar-refractivity contribution < 1.29 is 5.11 Å². The quantitative estimate of drug-likeness (QED) is 0.610. The van der Waals surface area contributed by atoms with E-state index >= 15 is 0 Å². The number of nitrogens with one attached hydrogen (secondary N) is 3. The van der Waals surface area contributed by atoms with Crippen molar-refractivity contribution in [3.63, 3.8) is 0 Å². The van der Waals surface area contributed by atoms with E-state index in [4.69, 9.17) is 0 Å². The van der Waals surface area contributed by atoms with Gasteiger partial charge in [0.15, 0.2) is 0 Å². The number of anilines is 2. The van der Waals surface area contributed by atoms with Crippen molar-refractivity contribution in [2.24, 2.45) is 0 Å². The highest BCUT2D eigenvalue weighted by Crippen LogP contribution is 2.24. The van der Waals surface area contributed by atoms with Gasteiger partial charge in [-0.3, -0.25) is 9.78 Å². The Morgan fingerprint density at radius 3 is 2.85 bits per heavy atom. The number of nitrogens with zero attached hydrogens (tertiary/aromatic N) is 1. The van der Waals surface area contributed by atoms with E-state index in [9.17, 15) is 9.90 Å². The number of aromatic nitrogens is 2. The number of benzene rings is 1. The molecule has 4 N–H and O–H groups in total. The van der Waals surface area contributed by atoms with E-state index in [1.807, 2.05) is 0 Å². The summed E-state index contributed by atoms with van der Waals surface area (Å²) >= 11 is 0. The second kappa shape index (κ2) is 5.34. The van der Waals surface area contributed by atoms with Crippen molar-refractivity contribution >= 4 is 11.6 Å². The molecule has 2 aromatic rings. The molecule has 104 valence electrons. The molecule has 6 heteroatoms. The lowest BCUT2D eigenvalue weighted by atomic mass is 10.1. The minimum Gasteiger partial charge on any atom is -0.506 e. The number of aromatic hydroxyl groups is 1. The van der Waals surface area contributed by atoms with Gasteiger partial charge >= 0.3 is 0 Å². The number of phenols is 1. The van der Waals surface area contributed by atoms with Gasteiger partial charge < -0.3 is 15.7 Å². The molecule has 1 aliphatic heterocycles. The van der Waals surface area contributed by atoms with E-state index in [1.165, 1.54) is 0 Å². The summed E-state index contributed by atoms with van der Waals surface area (Å²) in [6, 6.07) is 6.84. The number of aromatic amines is 1. The van der Waals surface area contributed by atoms with Crippen LogP contribution in [0.4, 0.5) is 11.6 Å². The van der Waals surface area contributed by atoms with Crippen LogP contribution in [-0.2, 0) is 12.8 Å². The van der Waals surface area contributed by atoms with Gasteiger partial charge in [0.25, 0.3) is 5.56 Å². The summed E-state index contributed by atoms with van der Waals surface area (Å²) < 4.78 is 0. The summed E-state index contributed by atoms with van der Waals surface area (Å²) in [6.45, 7) is 1.61. The Balaban J connectivity index is 1.95. The van der Waals surface area contributed by atoms with E-state index in [-0.39, 0.29) is 11.3 Å². The fourth-order valence-corrected chi connectivity index (χ4v) is 2.32. The van der Waals surface area contributed by atoms with E-state index in [0.717, 1.165) is 30.8 Å². The van der Waals surface area contributed by atoms with Gasteiger partial charge in [0.1, 0.15) is 5.75 Å². The first-order valence-corrected chi connectivity index (χ1v) is 6.62. The van der Waals surface area contributed by atoms with Gasteiger partial charge in [-0.2, -0.15) is 0 Å². The van der Waals surface area contributed by atoms with Crippen LogP contribution in [0.25, 0.3) is 0 Å². The summed E-state index contributed by atoms with van der Waals surface area (Å²) in [5, 5.41) is 15.9. The number of hydrogen-bond acceptors (Lipinski definition) is 5. The van der Waals surface area contributed by atoms with Crippen LogP contribution < -0.4 is 16.2 Å². The van der Waals surface area contributed by atoms with Crippen LogP contribution in [0.1, 0.15) is 11.3 Å². The first-order chi connectivity index (χ1) is 9.74. The Kier molecular flexibility index (Phi) is 3.39. The molecule has 6 nitrogen and oxygen atoms in total. The van der Waals surface area contributed by atoms with Crippen LogP contribution in [0.15, 0.2) is 29.1 Å². The highest BCUT2D eigenvalue weighted by molar-refractivity contribution is 5.61. The van der Waals surface area contributed by atoms with Gasteiger partial charge in [0.05, 0.1) is 11.4 Å². The van der Waals surface area contributed by atoms with Gasteiger partial charge in [-0.1, -0.05) is 12.1 Å². The number of para-hydroxylation sites is 2. The van der Waals surface area contributed by atoms with Crippen molar-refractivity contribution in [1.29, 1.82) is 0 Å². The lowest BCUT2D eigenvalue weighted by molar-refractivity contribution is 0.477. The summed E-state index contributed by atoms with van der Waals surface area (Å²) in [5.74, 6) is 0.476. The molecule has 20 heavy (non-hydrogen) atoms. The van der Waals surface area contributed by atoms with E-state index < -0.39 is 0 Å². The molecular formula is C14H16N4O2. The molecule has 0 saturated heterocycles. The second-order valence-corrected chi connectivity index (χ2v) is 4.73. The van der Waals surface area contributed by atoms with Crippen molar-refractivity contribution in [2.75, 3.05) is 18.4 Å². The summed E-state index contributed by atoms with van der Waals surface area (Å²) in [5.41, 5.74) is 1.97. The first kappa shape index (κ1) is 12.7. The van der Waals surface area contributed by atoms with Gasteiger partial charge in [0.2, 0.25) is 5.95 Å². The van der Waals surface area contributed by atoms with Crippen molar-refractivity contribution in [1.82, 2.24) is 15.3 Å². The molecule has 0 bridgehead atoms. The van der Waals surface area contributed by atoms with Gasteiger partial charge in [-0.05, 0) is 25.1 Å². The first-order valence-electron chi connectivity index (χ1n) is 6.62. The molecule has 1 aromatic carbocycles.